The van der Waals surface area contributed by atoms with Gasteiger partial charge in [-0.25, -0.2) is 0 Å². The summed E-state index contributed by atoms with van der Waals surface area (Å²) in [4.78, 5) is 11.5. The van der Waals surface area contributed by atoms with Crippen molar-refractivity contribution in [2.75, 3.05) is 13.2 Å². The van der Waals surface area contributed by atoms with E-state index in [4.69, 9.17) is 11.2 Å². The van der Waals surface area contributed by atoms with Crippen LogP contribution in [0.1, 0.15) is 31.9 Å². The Morgan fingerprint density at radius 1 is 1.42 bits per heavy atom. The van der Waals surface area contributed by atoms with Crippen molar-refractivity contribution in [3.63, 3.8) is 0 Å². The monoisotopic (exact) mass is 259 g/mol. The van der Waals surface area contributed by atoms with Crippen LogP contribution in [0.25, 0.3) is 0 Å². The Labute approximate surface area is 115 Å². The second-order valence-corrected chi connectivity index (χ2v) is 5.52. The number of rotatable bonds is 4. The van der Waals surface area contributed by atoms with Gasteiger partial charge in [0.2, 0.25) is 0 Å². The third-order valence-electron chi connectivity index (χ3n) is 2.69. The number of terminal acetylenes is 1. The van der Waals surface area contributed by atoms with Gasteiger partial charge in [0.1, 0.15) is 5.75 Å². The van der Waals surface area contributed by atoms with Crippen molar-refractivity contribution < 1.29 is 9.53 Å². The van der Waals surface area contributed by atoms with E-state index in [1.807, 2.05) is 25.1 Å². The summed E-state index contributed by atoms with van der Waals surface area (Å²) < 4.78 is 5.62. The lowest BCUT2D eigenvalue weighted by Gasteiger charge is -2.23. The summed E-state index contributed by atoms with van der Waals surface area (Å²) in [7, 11) is 0. The summed E-state index contributed by atoms with van der Waals surface area (Å²) >= 11 is 0. The fourth-order valence-corrected chi connectivity index (χ4v) is 1.71. The van der Waals surface area contributed by atoms with E-state index < -0.39 is 0 Å². The summed E-state index contributed by atoms with van der Waals surface area (Å²) in [6.45, 7) is 8.54. The van der Waals surface area contributed by atoms with Crippen LogP contribution >= 0.6 is 0 Å². The van der Waals surface area contributed by atoms with Gasteiger partial charge >= 0.3 is 0 Å². The van der Waals surface area contributed by atoms with Gasteiger partial charge in [0.15, 0.2) is 6.61 Å². The van der Waals surface area contributed by atoms with Gasteiger partial charge in [-0.15, -0.1) is 6.42 Å². The molecular weight excluding hydrogens is 238 g/mol. The molecule has 0 saturated heterocycles. The number of carbonyl (C=O) groups excluding carboxylic acids is 1. The Morgan fingerprint density at radius 3 is 2.68 bits per heavy atom. The molecule has 3 heteroatoms. The molecule has 0 saturated carbocycles. The van der Waals surface area contributed by atoms with E-state index in [-0.39, 0.29) is 24.5 Å². The van der Waals surface area contributed by atoms with Crippen LogP contribution in [0, 0.1) is 19.3 Å². The summed E-state index contributed by atoms with van der Waals surface area (Å²) in [5, 5.41) is 2.58. The molecule has 0 aliphatic heterocycles. The number of ether oxygens (including phenoxy) is 1. The SMILES string of the molecule is C#CCNC(=O)COc1cc(C)ccc1C(C)(C)C. The second kappa shape index (κ2) is 6.29. The van der Waals surface area contributed by atoms with Gasteiger partial charge in [0.25, 0.3) is 5.91 Å². The first-order valence-electron chi connectivity index (χ1n) is 6.28. The molecule has 0 radical (unpaired) electrons. The van der Waals surface area contributed by atoms with Crippen molar-refractivity contribution in [1.29, 1.82) is 0 Å². The highest BCUT2D eigenvalue weighted by Crippen LogP contribution is 2.31. The van der Waals surface area contributed by atoms with Crippen molar-refractivity contribution in [2.45, 2.75) is 33.1 Å². The predicted molar refractivity (Wildman–Crippen MR) is 77.2 cm³/mol. The third kappa shape index (κ3) is 4.67. The van der Waals surface area contributed by atoms with Crippen molar-refractivity contribution in [1.82, 2.24) is 5.32 Å². The number of aryl methyl sites for hydroxylation is 1. The number of hydrogen-bond donors (Lipinski definition) is 1. The molecule has 1 aromatic carbocycles. The summed E-state index contributed by atoms with van der Waals surface area (Å²) in [5.74, 6) is 2.90. The quantitative estimate of drug-likeness (QED) is 0.843. The van der Waals surface area contributed by atoms with Gasteiger partial charge in [0.05, 0.1) is 6.54 Å². The molecular formula is C16H21NO2. The molecule has 0 fully saturated rings. The van der Waals surface area contributed by atoms with Crippen molar-refractivity contribution >= 4 is 5.91 Å². The highest BCUT2D eigenvalue weighted by molar-refractivity contribution is 5.77. The maximum Gasteiger partial charge on any atom is 0.258 e. The number of amides is 1. The third-order valence-corrected chi connectivity index (χ3v) is 2.69. The first-order chi connectivity index (χ1) is 8.84. The van der Waals surface area contributed by atoms with Gasteiger partial charge in [-0.05, 0) is 29.5 Å². The fourth-order valence-electron chi connectivity index (χ4n) is 1.71. The molecule has 0 heterocycles. The maximum absolute atomic E-state index is 11.5. The van der Waals surface area contributed by atoms with E-state index in [0.29, 0.717) is 0 Å². The molecule has 1 rings (SSSR count). The van der Waals surface area contributed by atoms with E-state index in [0.717, 1.165) is 16.9 Å². The zero-order valence-electron chi connectivity index (χ0n) is 12.0. The molecule has 0 aliphatic rings. The molecule has 0 aliphatic carbocycles. The van der Waals surface area contributed by atoms with E-state index in [1.165, 1.54) is 0 Å². The molecule has 102 valence electrons. The van der Waals surface area contributed by atoms with Crippen LogP contribution in [0.5, 0.6) is 5.75 Å². The van der Waals surface area contributed by atoms with Crippen LogP contribution < -0.4 is 10.1 Å². The summed E-state index contributed by atoms with van der Waals surface area (Å²) in [5.41, 5.74) is 2.16. The Balaban J connectivity index is 2.80. The number of nitrogens with one attached hydrogen (secondary N) is 1. The van der Waals surface area contributed by atoms with Gasteiger partial charge < -0.3 is 10.1 Å². The topological polar surface area (TPSA) is 38.3 Å². The average molecular weight is 259 g/mol. The van der Waals surface area contributed by atoms with Crippen LogP contribution in [0.2, 0.25) is 0 Å². The number of benzene rings is 1. The molecule has 0 unspecified atom stereocenters. The molecule has 3 nitrogen and oxygen atoms in total. The van der Waals surface area contributed by atoms with Crippen molar-refractivity contribution in [3.05, 3.63) is 29.3 Å². The largest absolute Gasteiger partial charge is 0.483 e. The van der Waals surface area contributed by atoms with E-state index in [2.05, 4.69) is 32.0 Å². The molecule has 1 aromatic rings. The minimum absolute atomic E-state index is 0.0196. The van der Waals surface area contributed by atoms with E-state index in [1.54, 1.807) is 0 Å². The molecule has 19 heavy (non-hydrogen) atoms. The lowest BCUT2D eigenvalue weighted by atomic mass is 9.86. The predicted octanol–water partition coefficient (Wildman–Crippen LogP) is 2.42. The van der Waals surface area contributed by atoms with E-state index >= 15 is 0 Å². The lowest BCUT2D eigenvalue weighted by Crippen LogP contribution is -2.29. The van der Waals surface area contributed by atoms with Gasteiger partial charge in [-0.3, -0.25) is 4.79 Å². The maximum atomic E-state index is 11.5. The van der Waals surface area contributed by atoms with Crippen molar-refractivity contribution in [3.8, 4) is 18.1 Å². The second-order valence-electron chi connectivity index (χ2n) is 5.52. The number of hydrogen-bond acceptors (Lipinski definition) is 2. The van der Waals surface area contributed by atoms with Gasteiger partial charge in [-0.1, -0.05) is 38.8 Å². The standard InChI is InChI=1S/C16H21NO2/c1-6-9-17-15(18)11-19-14-10-12(2)7-8-13(14)16(3,4)5/h1,7-8,10H,9,11H2,2-5H3,(H,17,18). The average Bonchev–Trinajstić information content (AvgIpc) is 2.32. The summed E-state index contributed by atoms with van der Waals surface area (Å²) in [6.07, 6.45) is 5.08. The van der Waals surface area contributed by atoms with Crippen molar-refractivity contribution in [2.24, 2.45) is 0 Å². The van der Waals surface area contributed by atoms with Crippen LogP contribution in [-0.2, 0) is 10.2 Å². The minimum atomic E-state index is -0.209. The molecule has 0 spiro atoms. The highest BCUT2D eigenvalue weighted by atomic mass is 16.5. The van der Waals surface area contributed by atoms with Gasteiger partial charge in [-0.2, -0.15) is 0 Å². The zero-order chi connectivity index (χ0) is 14.5. The Bertz CT molecular complexity index is 492. The van der Waals surface area contributed by atoms with Crippen LogP contribution in [-0.4, -0.2) is 19.1 Å². The molecule has 1 amide bonds. The first-order valence-corrected chi connectivity index (χ1v) is 6.28. The van der Waals surface area contributed by atoms with Crippen LogP contribution in [0.4, 0.5) is 0 Å². The minimum Gasteiger partial charge on any atom is -0.483 e. The molecule has 0 atom stereocenters. The summed E-state index contributed by atoms with van der Waals surface area (Å²) in [6, 6.07) is 6.05. The number of carbonyl (C=O) groups is 1. The van der Waals surface area contributed by atoms with Crippen LogP contribution in [0.15, 0.2) is 18.2 Å². The zero-order valence-corrected chi connectivity index (χ0v) is 12.0. The Morgan fingerprint density at radius 2 is 2.11 bits per heavy atom. The molecule has 0 bridgehead atoms. The van der Waals surface area contributed by atoms with E-state index in [9.17, 15) is 4.79 Å². The first kappa shape index (κ1) is 15.1. The lowest BCUT2D eigenvalue weighted by molar-refractivity contribution is -0.122. The van der Waals surface area contributed by atoms with Crippen LogP contribution in [0.3, 0.4) is 0 Å². The molecule has 1 N–H and O–H groups in total. The Kier molecular flexibility index (Phi) is 5.00. The highest BCUT2D eigenvalue weighted by Gasteiger charge is 2.19. The smallest absolute Gasteiger partial charge is 0.258 e. The molecule has 0 aromatic heterocycles. The fraction of sp³-hybridized carbons (Fsp3) is 0.438. The normalized spacial score (nSPS) is 10.7. The van der Waals surface area contributed by atoms with Gasteiger partial charge in [0, 0.05) is 0 Å². The Hall–Kier alpha value is -1.95.